The highest BCUT2D eigenvalue weighted by atomic mass is 16.4. The van der Waals surface area contributed by atoms with Crippen LogP contribution in [-0.2, 0) is 11.3 Å². The topological polar surface area (TPSA) is 97.3 Å². The minimum absolute atomic E-state index is 0.116. The van der Waals surface area contributed by atoms with Gasteiger partial charge in [-0.25, -0.2) is 0 Å². The average Bonchev–Trinajstić information content (AvgIpc) is 2.95. The van der Waals surface area contributed by atoms with Gasteiger partial charge in [-0.2, -0.15) is 0 Å². The summed E-state index contributed by atoms with van der Waals surface area (Å²) in [5.41, 5.74) is 5.30. The van der Waals surface area contributed by atoms with Gasteiger partial charge in [0.1, 0.15) is 0 Å². The number of nitrogens with one attached hydrogen (secondary N) is 1. The van der Waals surface area contributed by atoms with Crippen LogP contribution in [0, 0.1) is 11.8 Å². The summed E-state index contributed by atoms with van der Waals surface area (Å²) in [6.45, 7) is 7.05. The van der Waals surface area contributed by atoms with E-state index >= 15 is 0 Å². The van der Waals surface area contributed by atoms with Gasteiger partial charge in [0.25, 0.3) is 0 Å². The maximum absolute atomic E-state index is 11.1. The van der Waals surface area contributed by atoms with Gasteiger partial charge in [-0.05, 0) is 18.9 Å². The minimum atomic E-state index is -0.263. The zero-order valence-electron chi connectivity index (χ0n) is 11.4. The van der Waals surface area contributed by atoms with Gasteiger partial charge in [-0.15, -0.1) is 5.10 Å². The molecule has 1 aliphatic rings. The Kier molecular flexibility index (Phi) is 4.36. The van der Waals surface area contributed by atoms with Gasteiger partial charge in [-0.1, -0.05) is 18.9 Å². The number of rotatable bonds is 6. The van der Waals surface area contributed by atoms with E-state index < -0.39 is 0 Å². The van der Waals surface area contributed by atoms with Gasteiger partial charge < -0.3 is 20.4 Å². The van der Waals surface area contributed by atoms with Crippen molar-refractivity contribution in [3.63, 3.8) is 0 Å². The van der Waals surface area contributed by atoms with Crippen LogP contribution in [0.25, 0.3) is 0 Å². The second kappa shape index (κ2) is 6.01. The maximum atomic E-state index is 11.1. The number of carbonyl (C=O) groups is 1. The summed E-state index contributed by atoms with van der Waals surface area (Å²) in [6, 6.07) is 0.477. The molecule has 1 aliphatic heterocycles. The van der Waals surface area contributed by atoms with Crippen LogP contribution in [0.5, 0.6) is 0 Å². The molecule has 2 rings (SSSR count). The van der Waals surface area contributed by atoms with Gasteiger partial charge in [0.15, 0.2) is 0 Å². The molecule has 0 radical (unpaired) electrons. The first-order valence-corrected chi connectivity index (χ1v) is 6.63. The molecule has 19 heavy (non-hydrogen) atoms. The molecule has 3 N–H and O–H groups in total. The molecule has 1 saturated heterocycles. The van der Waals surface area contributed by atoms with Crippen LogP contribution in [0.15, 0.2) is 4.42 Å². The molecule has 0 saturated carbocycles. The second-order valence-electron chi connectivity index (χ2n) is 5.34. The molecule has 1 amide bonds. The lowest BCUT2D eigenvalue weighted by atomic mass is 10.1. The monoisotopic (exact) mass is 267 g/mol. The number of nitrogens with two attached hydrogens (primary N) is 1. The smallest absolute Gasteiger partial charge is 0.318 e. The first-order chi connectivity index (χ1) is 9.06. The van der Waals surface area contributed by atoms with Crippen molar-refractivity contribution in [3.8, 4) is 0 Å². The summed E-state index contributed by atoms with van der Waals surface area (Å²) in [6.07, 6.45) is 0.749. The van der Waals surface area contributed by atoms with Gasteiger partial charge in [0.2, 0.25) is 11.8 Å². The van der Waals surface area contributed by atoms with Crippen molar-refractivity contribution in [1.29, 1.82) is 0 Å². The molecule has 1 aromatic heterocycles. The van der Waals surface area contributed by atoms with Crippen molar-refractivity contribution in [2.75, 3.05) is 24.5 Å². The van der Waals surface area contributed by atoms with E-state index in [1.807, 2.05) is 4.90 Å². The third-order valence-electron chi connectivity index (χ3n) is 3.15. The molecule has 7 heteroatoms. The zero-order valence-corrected chi connectivity index (χ0v) is 11.4. The number of hydrogen-bond donors (Lipinski definition) is 2. The average molecular weight is 267 g/mol. The van der Waals surface area contributed by atoms with E-state index in [-0.39, 0.29) is 11.8 Å². The number of amides is 1. The third-order valence-corrected chi connectivity index (χ3v) is 3.15. The van der Waals surface area contributed by atoms with Crippen molar-refractivity contribution in [2.45, 2.75) is 26.8 Å². The number of hydrogen-bond acceptors (Lipinski definition) is 6. The van der Waals surface area contributed by atoms with E-state index in [1.54, 1.807) is 0 Å². The lowest BCUT2D eigenvalue weighted by molar-refractivity contribution is -0.121. The van der Waals surface area contributed by atoms with Crippen LogP contribution in [-0.4, -0.2) is 35.7 Å². The maximum Gasteiger partial charge on any atom is 0.318 e. The molecule has 0 aliphatic carbocycles. The Hall–Kier alpha value is -1.63. The quantitative estimate of drug-likeness (QED) is 0.760. The SMILES string of the molecule is CC(C)CNCc1nnc(N2CCC(C(N)=O)C2)o1. The first-order valence-electron chi connectivity index (χ1n) is 6.63. The van der Waals surface area contributed by atoms with Crippen molar-refractivity contribution in [1.82, 2.24) is 15.5 Å². The molecule has 1 atom stereocenters. The highest BCUT2D eigenvalue weighted by Gasteiger charge is 2.29. The van der Waals surface area contributed by atoms with Crippen LogP contribution in [0.4, 0.5) is 6.01 Å². The predicted octanol–water partition coefficient (Wildman–Crippen LogP) is 0.127. The lowest BCUT2D eigenvalue weighted by Gasteiger charge is -2.11. The first kappa shape index (κ1) is 13.8. The largest absolute Gasteiger partial charge is 0.407 e. The Bertz CT molecular complexity index is 432. The van der Waals surface area contributed by atoms with Crippen LogP contribution in [0.1, 0.15) is 26.2 Å². The molecule has 0 aromatic carbocycles. The van der Waals surface area contributed by atoms with Gasteiger partial charge >= 0.3 is 6.01 Å². The molecular formula is C12H21N5O2. The summed E-state index contributed by atoms with van der Waals surface area (Å²) < 4.78 is 5.57. The Labute approximate surface area is 112 Å². The molecule has 0 bridgehead atoms. The van der Waals surface area contributed by atoms with E-state index in [9.17, 15) is 4.79 Å². The molecule has 0 spiro atoms. The summed E-state index contributed by atoms with van der Waals surface area (Å²) in [5.74, 6) is 0.769. The van der Waals surface area contributed by atoms with Crippen LogP contribution >= 0.6 is 0 Å². The summed E-state index contributed by atoms with van der Waals surface area (Å²) in [5, 5.41) is 11.2. The Morgan fingerprint density at radius 3 is 3.00 bits per heavy atom. The number of primary amides is 1. The van der Waals surface area contributed by atoms with Gasteiger partial charge in [0, 0.05) is 13.1 Å². The van der Waals surface area contributed by atoms with Crippen LogP contribution < -0.4 is 16.0 Å². The molecular weight excluding hydrogens is 246 g/mol. The van der Waals surface area contributed by atoms with E-state index in [0.717, 1.165) is 19.5 Å². The van der Waals surface area contributed by atoms with E-state index in [4.69, 9.17) is 10.2 Å². The molecule has 1 unspecified atom stereocenters. The summed E-state index contributed by atoms with van der Waals surface area (Å²) in [4.78, 5) is 13.0. The molecule has 7 nitrogen and oxygen atoms in total. The van der Waals surface area contributed by atoms with Crippen molar-refractivity contribution < 1.29 is 9.21 Å². The molecule has 106 valence electrons. The number of carbonyl (C=O) groups excluding carboxylic acids is 1. The van der Waals surface area contributed by atoms with Crippen LogP contribution in [0.2, 0.25) is 0 Å². The number of aromatic nitrogens is 2. The van der Waals surface area contributed by atoms with E-state index in [2.05, 4.69) is 29.4 Å². The molecule has 2 heterocycles. The standard InChI is InChI=1S/C12H21N5O2/c1-8(2)5-14-6-10-15-16-12(19-10)17-4-3-9(7-17)11(13)18/h8-9,14H,3-7H2,1-2H3,(H2,13,18). The molecule has 1 aromatic rings. The van der Waals surface area contributed by atoms with Crippen molar-refractivity contribution in [3.05, 3.63) is 5.89 Å². The number of nitrogens with zero attached hydrogens (tertiary/aromatic N) is 3. The van der Waals surface area contributed by atoms with Gasteiger partial charge in [-0.3, -0.25) is 4.79 Å². The normalized spacial score (nSPS) is 19.3. The second-order valence-corrected chi connectivity index (χ2v) is 5.34. The Morgan fingerprint density at radius 2 is 2.37 bits per heavy atom. The Morgan fingerprint density at radius 1 is 1.58 bits per heavy atom. The van der Waals surface area contributed by atoms with Crippen LogP contribution in [0.3, 0.4) is 0 Å². The van der Waals surface area contributed by atoms with Crippen molar-refractivity contribution >= 4 is 11.9 Å². The van der Waals surface area contributed by atoms with E-state index in [1.165, 1.54) is 0 Å². The minimum Gasteiger partial charge on any atom is -0.407 e. The highest BCUT2D eigenvalue weighted by molar-refractivity contribution is 5.77. The highest BCUT2D eigenvalue weighted by Crippen LogP contribution is 2.22. The zero-order chi connectivity index (χ0) is 13.8. The fraction of sp³-hybridized carbons (Fsp3) is 0.750. The lowest BCUT2D eigenvalue weighted by Crippen LogP contribution is -2.27. The summed E-state index contributed by atoms with van der Waals surface area (Å²) >= 11 is 0. The van der Waals surface area contributed by atoms with Gasteiger partial charge in [0.05, 0.1) is 12.5 Å². The van der Waals surface area contributed by atoms with Crippen molar-refractivity contribution in [2.24, 2.45) is 17.6 Å². The molecule has 1 fully saturated rings. The fourth-order valence-corrected chi connectivity index (χ4v) is 2.08. The number of anilines is 1. The Balaban J connectivity index is 1.85. The predicted molar refractivity (Wildman–Crippen MR) is 70.4 cm³/mol. The third kappa shape index (κ3) is 3.66. The van der Waals surface area contributed by atoms with E-state index in [0.29, 0.717) is 30.9 Å². The summed E-state index contributed by atoms with van der Waals surface area (Å²) in [7, 11) is 0. The fourth-order valence-electron chi connectivity index (χ4n) is 2.08.